The van der Waals surface area contributed by atoms with Crippen LogP contribution in [0.3, 0.4) is 0 Å². The van der Waals surface area contributed by atoms with Crippen molar-refractivity contribution in [3.05, 3.63) is 0 Å². The van der Waals surface area contributed by atoms with Crippen LogP contribution in [0.4, 0.5) is 0 Å². The number of ether oxygens (including phenoxy) is 1. The molecule has 13 heteroatoms. The minimum Gasteiger partial charge on any atom is -0.394 e. The summed E-state index contributed by atoms with van der Waals surface area (Å²) < 4.78 is 27.0. The Hall–Kier alpha value is 0.1000. The van der Waals surface area contributed by atoms with Crippen LogP contribution in [-0.2, 0) is 13.9 Å². The maximum Gasteiger partial charge on any atom is 0.362 e. The summed E-state index contributed by atoms with van der Waals surface area (Å²) >= 11 is 0. The van der Waals surface area contributed by atoms with Crippen LogP contribution in [0.1, 0.15) is 0 Å². The molecule has 11 nitrogen and oxygen atoms in total. The molecule has 1 saturated heterocycles. The summed E-state index contributed by atoms with van der Waals surface area (Å²) in [6.45, 7) is -0.896. The molecule has 5 atom stereocenters. The van der Waals surface area contributed by atoms with E-state index >= 15 is 0 Å². The predicted octanol–water partition coefficient (Wildman–Crippen LogP) is -3.49. The molecule has 1 aliphatic rings. The van der Waals surface area contributed by atoms with E-state index in [2.05, 4.69) is 0 Å². The molecule has 0 saturated carbocycles. The fourth-order valence-corrected chi connectivity index (χ4v) is 3.91. The maximum atomic E-state index is 11.3. The minimum absolute atomic E-state index is 0.896. The van der Waals surface area contributed by atoms with Gasteiger partial charge in [-0.3, -0.25) is 9.13 Å². The maximum absolute atomic E-state index is 11.3. The van der Waals surface area contributed by atoms with E-state index in [0.29, 0.717) is 0 Å². The summed E-state index contributed by atoms with van der Waals surface area (Å²) in [5.41, 5.74) is 0. The molecular weight excluding hydrogens is 322 g/mol. The van der Waals surface area contributed by atoms with E-state index in [1.807, 2.05) is 0 Å². The topological polar surface area (TPSA) is 205 Å². The highest BCUT2D eigenvalue weighted by Crippen LogP contribution is 2.58. The Morgan fingerprint density at radius 3 is 1.95 bits per heavy atom. The number of aliphatic hydroxyl groups is 4. The van der Waals surface area contributed by atoms with Crippen LogP contribution in [0, 0.1) is 0 Å². The average Bonchev–Trinajstić information content (AvgIpc) is 2.26. The van der Waals surface area contributed by atoms with Crippen LogP contribution in [0.5, 0.6) is 0 Å². The highest BCUT2D eigenvalue weighted by atomic mass is 31.2. The van der Waals surface area contributed by atoms with E-state index in [1.54, 1.807) is 0 Å². The van der Waals surface area contributed by atoms with Gasteiger partial charge in [-0.05, 0) is 0 Å². The zero-order chi connectivity index (χ0) is 15.9. The van der Waals surface area contributed by atoms with Crippen molar-refractivity contribution in [3.63, 3.8) is 0 Å². The molecule has 0 spiro atoms. The highest BCUT2D eigenvalue weighted by Gasteiger charge is 2.65. The smallest absolute Gasteiger partial charge is 0.362 e. The van der Waals surface area contributed by atoms with Crippen LogP contribution in [0.2, 0.25) is 0 Å². The summed E-state index contributed by atoms with van der Waals surface area (Å²) in [4.78, 5) is 35.9. The molecule has 1 aliphatic heterocycles. The Balaban J connectivity index is 3.26. The summed E-state index contributed by atoms with van der Waals surface area (Å²) in [5, 5.41) is 34.6. The van der Waals surface area contributed by atoms with Crippen LogP contribution in [-0.4, -0.2) is 82.5 Å². The van der Waals surface area contributed by atoms with Gasteiger partial charge in [0.05, 0.1) is 12.8 Å². The zero-order valence-corrected chi connectivity index (χ0v) is 11.7. The number of hydrogen-bond donors (Lipinski definition) is 8. The van der Waals surface area contributed by atoms with E-state index in [1.165, 1.54) is 0 Å². The van der Waals surface area contributed by atoms with Gasteiger partial charge in [0.25, 0.3) is 0 Å². The lowest BCUT2D eigenvalue weighted by atomic mass is 9.95. The van der Waals surface area contributed by atoms with Crippen molar-refractivity contribution < 1.29 is 53.9 Å². The summed E-state index contributed by atoms with van der Waals surface area (Å²) in [6.07, 6.45) is -9.57. The zero-order valence-electron chi connectivity index (χ0n) is 9.92. The van der Waals surface area contributed by atoms with Gasteiger partial charge in [0.15, 0.2) is 0 Å². The Kier molecular flexibility index (Phi) is 5.18. The third kappa shape index (κ3) is 3.29. The Morgan fingerprint density at radius 2 is 1.60 bits per heavy atom. The molecule has 0 aliphatic carbocycles. The Bertz CT molecular complexity index is 442. The van der Waals surface area contributed by atoms with Crippen molar-refractivity contribution in [1.82, 2.24) is 0 Å². The van der Waals surface area contributed by atoms with Crippen LogP contribution >= 0.6 is 15.2 Å². The second-order valence-electron chi connectivity index (χ2n) is 4.46. The SMILES string of the molecule is O=P(O)(O)C[C@H]1O[C@H](CO)[C@@H](O)[C@H](O)[C@@]1(O)P(=O)(O)O. The van der Waals surface area contributed by atoms with Crippen LogP contribution < -0.4 is 0 Å². The lowest BCUT2D eigenvalue weighted by molar-refractivity contribution is -0.244. The fourth-order valence-electron chi connectivity index (χ4n) is 1.94. The van der Waals surface area contributed by atoms with Gasteiger partial charge in [-0.2, -0.15) is 0 Å². The van der Waals surface area contributed by atoms with Gasteiger partial charge >= 0.3 is 15.2 Å². The predicted molar refractivity (Wildman–Crippen MR) is 61.7 cm³/mol. The monoisotopic (exact) mass is 338 g/mol. The van der Waals surface area contributed by atoms with Crippen LogP contribution in [0.25, 0.3) is 0 Å². The van der Waals surface area contributed by atoms with Crippen molar-refractivity contribution in [2.75, 3.05) is 12.8 Å². The molecular formula is C7H16O11P2. The van der Waals surface area contributed by atoms with E-state index < -0.39 is 57.7 Å². The molecule has 0 amide bonds. The minimum atomic E-state index is -5.53. The van der Waals surface area contributed by atoms with Crippen molar-refractivity contribution >= 4 is 15.2 Å². The van der Waals surface area contributed by atoms with E-state index in [0.717, 1.165) is 0 Å². The van der Waals surface area contributed by atoms with Gasteiger partial charge < -0.3 is 44.7 Å². The average molecular weight is 338 g/mol. The first kappa shape index (κ1) is 18.1. The van der Waals surface area contributed by atoms with E-state index in [-0.39, 0.29) is 0 Å². The van der Waals surface area contributed by atoms with Crippen molar-refractivity contribution in [2.45, 2.75) is 29.8 Å². The molecule has 0 aromatic carbocycles. The second-order valence-corrected chi connectivity index (χ2v) is 7.95. The van der Waals surface area contributed by atoms with E-state index in [9.17, 15) is 24.4 Å². The summed E-state index contributed by atoms with van der Waals surface area (Å²) in [7, 11) is -10.4. The molecule has 0 bridgehead atoms. The molecule has 8 N–H and O–H groups in total. The third-order valence-electron chi connectivity index (χ3n) is 3.00. The quantitative estimate of drug-likeness (QED) is 0.236. The molecule has 0 aromatic rings. The first-order chi connectivity index (χ1) is 8.84. The fraction of sp³-hybridized carbons (Fsp3) is 1.00. The lowest BCUT2D eigenvalue weighted by Crippen LogP contribution is -2.67. The number of rotatable bonds is 4. The normalized spacial score (nSPS) is 39.8. The Morgan fingerprint density at radius 1 is 1.10 bits per heavy atom. The van der Waals surface area contributed by atoms with Gasteiger partial charge in [0.2, 0.25) is 5.34 Å². The van der Waals surface area contributed by atoms with Crippen molar-refractivity contribution in [1.29, 1.82) is 0 Å². The molecule has 1 heterocycles. The molecule has 1 rings (SSSR count). The number of aliphatic hydroxyl groups excluding tert-OH is 3. The molecule has 1 fully saturated rings. The molecule has 0 aromatic heterocycles. The summed E-state index contributed by atoms with van der Waals surface area (Å²) in [5.74, 6) is 0. The van der Waals surface area contributed by atoms with E-state index in [4.69, 9.17) is 29.4 Å². The molecule has 20 heavy (non-hydrogen) atoms. The lowest BCUT2D eigenvalue weighted by Gasteiger charge is -2.47. The molecule has 120 valence electrons. The van der Waals surface area contributed by atoms with Gasteiger partial charge in [-0.15, -0.1) is 0 Å². The molecule has 0 unspecified atom stereocenters. The first-order valence-corrected chi connectivity index (χ1v) is 8.70. The first-order valence-electron chi connectivity index (χ1n) is 5.29. The summed E-state index contributed by atoms with van der Waals surface area (Å²) in [6, 6.07) is 0. The molecule has 0 radical (unpaired) electrons. The number of hydrogen-bond acceptors (Lipinski definition) is 7. The standard InChI is InChI=1S/C7H16O11P2/c8-1-3-5(9)6(10)7(11,20(15,16)17)4(18-3)2-19(12,13)14/h3-6,8-11H,1-2H2,(H2,12,13,14)(H2,15,16,17)/t3-,4-,5-,6+,7+/m1/s1. The van der Waals surface area contributed by atoms with Crippen molar-refractivity contribution in [3.8, 4) is 0 Å². The van der Waals surface area contributed by atoms with Gasteiger partial charge in [-0.1, -0.05) is 0 Å². The van der Waals surface area contributed by atoms with Gasteiger partial charge in [0, 0.05) is 0 Å². The Labute approximate surface area is 112 Å². The highest BCUT2D eigenvalue weighted by molar-refractivity contribution is 7.54. The van der Waals surface area contributed by atoms with Gasteiger partial charge in [0.1, 0.15) is 24.4 Å². The van der Waals surface area contributed by atoms with Crippen molar-refractivity contribution in [2.24, 2.45) is 0 Å². The largest absolute Gasteiger partial charge is 0.394 e. The third-order valence-corrected chi connectivity index (χ3v) is 5.30. The van der Waals surface area contributed by atoms with Gasteiger partial charge in [-0.25, -0.2) is 0 Å². The second kappa shape index (κ2) is 5.71. The van der Waals surface area contributed by atoms with Crippen LogP contribution in [0.15, 0.2) is 0 Å².